The number of methoxy groups -OCH3 is 1. The van der Waals surface area contributed by atoms with E-state index in [0.717, 1.165) is 6.26 Å². The fourth-order valence-electron chi connectivity index (χ4n) is 0.436. The van der Waals surface area contributed by atoms with Crippen molar-refractivity contribution in [2.24, 2.45) is 0 Å². The summed E-state index contributed by atoms with van der Waals surface area (Å²) in [6.07, 6.45) is 0.980. The predicted octanol–water partition coefficient (Wildman–Crippen LogP) is -0.684. The lowest BCUT2D eigenvalue weighted by molar-refractivity contribution is -0.140. The van der Waals surface area contributed by atoms with Crippen molar-refractivity contribution in [3.8, 4) is 0 Å². The molecule has 0 radical (unpaired) electrons. The quantitative estimate of drug-likeness (QED) is 0.498. The number of esters is 1. The Kier molecular flexibility index (Phi) is 4.51. The van der Waals surface area contributed by atoms with Crippen LogP contribution >= 0.6 is 11.6 Å². The molecule has 0 fully saturated rings. The molecule has 5 nitrogen and oxygen atoms in total. The van der Waals surface area contributed by atoms with Crippen molar-refractivity contribution < 1.29 is 17.9 Å². The van der Waals surface area contributed by atoms with E-state index < -0.39 is 21.4 Å². The van der Waals surface area contributed by atoms with Crippen molar-refractivity contribution in [3.05, 3.63) is 0 Å². The Morgan fingerprint density at radius 2 is 2.17 bits per heavy atom. The minimum atomic E-state index is -3.30. The Bertz CT molecular complexity index is 250. The van der Waals surface area contributed by atoms with Gasteiger partial charge in [0.1, 0.15) is 5.38 Å². The molecule has 1 atom stereocenters. The maximum atomic E-state index is 10.6. The molecule has 0 heterocycles. The van der Waals surface area contributed by atoms with E-state index in [9.17, 15) is 13.2 Å². The molecule has 0 bridgehead atoms. The molecular formula is C5H10ClNO4S. The lowest BCUT2D eigenvalue weighted by Gasteiger charge is -2.06. The molecule has 72 valence electrons. The second kappa shape index (κ2) is 4.64. The Morgan fingerprint density at radius 1 is 1.67 bits per heavy atom. The molecule has 0 aromatic carbocycles. The van der Waals surface area contributed by atoms with Crippen LogP contribution < -0.4 is 4.72 Å². The van der Waals surface area contributed by atoms with Gasteiger partial charge in [-0.25, -0.2) is 13.1 Å². The standard InChI is InChI=1S/C5H10ClNO4S/c1-11-5(8)4(6)3-7-12(2,9)10/h4,7H,3H2,1-2H3. The van der Waals surface area contributed by atoms with Gasteiger partial charge in [-0.3, -0.25) is 4.79 Å². The van der Waals surface area contributed by atoms with Crippen LogP contribution in [0.4, 0.5) is 0 Å². The Morgan fingerprint density at radius 3 is 2.50 bits per heavy atom. The van der Waals surface area contributed by atoms with Crippen LogP contribution in [0.5, 0.6) is 0 Å². The van der Waals surface area contributed by atoms with Crippen molar-refractivity contribution in [2.75, 3.05) is 19.9 Å². The largest absolute Gasteiger partial charge is 0.468 e. The molecule has 0 aliphatic heterocycles. The zero-order chi connectivity index (χ0) is 9.78. The van der Waals surface area contributed by atoms with Gasteiger partial charge < -0.3 is 4.74 Å². The lowest BCUT2D eigenvalue weighted by atomic mass is 10.4. The average Bonchev–Trinajstić information content (AvgIpc) is 1.97. The highest BCUT2D eigenvalue weighted by atomic mass is 35.5. The van der Waals surface area contributed by atoms with E-state index in [1.807, 2.05) is 0 Å². The fourth-order valence-corrected chi connectivity index (χ4v) is 1.16. The van der Waals surface area contributed by atoms with E-state index in [4.69, 9.17) is 11.6 Å². The molecule has 0 rings (SSSR count). The first-order valence-corrected chi connectivity index (χ1v) is 5.36. The predicted molar refractivity (Wildman–Crippen MR) is 44.5 cm³/mol. The van der Waals surface area contributed by atoms with Gasteiger partial charge in [-0.05, 0) is 0 Å². The molecule has 1 N–H and O–H groups in total. The van der Waals surface area contributed by atoms with Crippen LogP contribution in [-0.2, 0) is 19.6 Å². The molecule has 1 unspecified atom stereocenters. The SMILES string of the molecule is COC(=O)C(Cl)CNS(C)(=O)=O. The topological polar surface area (TPSA) is 72.5 Å². The van der Waals surface area contributed by atoms with Crippen LogP contribution in [0.15, 0.2) is 0 Å². The molecule has 12 heavy (non-hydrogen) atoms. The summed E-state index contributed by atoms with van der Waals surface area (Å²) in [4.78, 5) is 10.6. The Hall–Kier alpha value is -0.330. The van der Waals surface area contributed by atoms with Gasteiger partial charge in [0.25, 0.3) is 0 Å². The van der Waals surface area contributed by atoms with Crippen LogP contribution in [0.1, 0.15) is 0 Å². The number of halogens is 1. The molecular weight excluding hydrogens is 206 g/mol. The van der Waals surface area contributed by atoms with Gasteiger partial charge in [0.05, 0.1) is 13.4 Å². The molecule has 0 aliphatic rings. The Labute approximate surface area is 76.1 Å². The molecule has 0 aliphatic carbocycles. The van der Waals surface area contributed by atoms with Crippen molar-refractivity contribution in [3.63, 3.8) is 0 Å². The number of carbonyl (C=O) groups is 1. The lowest BCUT2D eigenvalue weighted by Crippen LogP contribution is -2.33. The minimum absolute atomic E-state index is 0.160. The van der Waals surface area contributed by atoms with Crippen LogP contribution in [-0.4, -0.2) is 39.7 Å². The summed E-state index contributed by atoms with van der Waals surface area (Å²) in [5, 5.41) is -0.982. The normalized spacial score (nSPS) is 13.9. The number of carbonyl (C=O) groups excluding carboxylic acids is 1. The summed E-state index contributed by atoms with van der Waals surface area (Å²) in [5.41, 5.74) is 0. The van der Waals surface area contributed by atoms with Crippen LogP contribution in [0.25, 0.3) is 0 Å². The highest BCUT2D eigenvalue weighted by molar-refractivity contribution is 7.88. The molecule has 0 aromatic heterocycles. The minimum Gasteiger partial charge on any atom is -0.468 e. The molecule has 0 amide bonds. The molecule has 0 saturated heterocycles. The zero-order valence-corrected chi connectivity index (χ0v) is 8.28. The van der Waals surface area contributed by atoms with Crippen molar-refractivity contribution >= 4 is 27.6 Å². The Balaban J connectivity index is 3.88. The maximum Gasteiger partial charge on any atom is 0.325 e. The van der Waals surface area contributed by atoms with Gasteiger partial charge >= 0.3 is 5.97 Å². The van der Waals surface area contributed by atoms with Gasteiger partial charge in [0, 0.05) is 6.54 Å². The number of rotatable bonds is 4. The first kappa shape index (κ1) is 11.7. The zero-order valence-electron chi connectivity index (χ0n) is 6.70. The van der Waals surface area contributed by atoms with Crippen LogP contribution in [0.3, 0.4) is 0 Å². The number of hydrogen-bond acceptors (Lipinski definition) is 4. The third-order valence-corrected chi connectivity index (χ3v) is 2.01. The van der Waals surface area contributed by atoms with Gasteiger partial charge in [-0.15, -0.1) is 11.6 Å². The summed E-state index contributed by atoms with van der Waals surface area (Å²) in [5.74, 6) is -0.659. The van der Waals surface area contributed by atoms with E-state index in [1.165, 1.54) is 7.11 Å². The maximum absolute atomic E-state index is 10.6. The van der Waals surface area contributed by atoms with Gasteiger partial charge in [-0.1, -0.05) is 0 Å². The number of nitrogens with one attached hydrogen (secondary N) is 1. The van der Waals surface area contributed by atoms with Crippen molar-refractivity contribution in [1.29, 1.82) is 0 Å². The highest BCUT2D eigenvalue weighted by Gasteiger charge is 2.16. The van der Waals surface area contributed by atoms with E-state index in [-0.39, 0.29) is 6.54 Å². The van der Waals surface area contributed by atoms with Gasteiger partial charge in [0.15, 0.2) is 0 Å². The van der Waals surface area contributed by atoms with Gasteiger partial charge in [0.2, 0.25) is 10.0 Å². The molecule has 0 saturated carbocycles. The summed E-state index contributed by atoms with van der Waals surface area (Å²) < 4.78 is 27.4. The first-order valence-electron chi connectivity index (χ1n) is 3.03. The van der Waals surface area contributed by atoms with E-state index in [1.54, 1.807) is 0 Å². The average molecular weight is 216 g/mol. The second-order valence-corrected chi connectivity index (χ2v) is 4.47. The van der Waals surface area contributed by atoms with Crippen LogP contribution in [0.2, 0.25) is 0 Å². The second-order valence-electron chi connectivity index (χ2n) is 2.11. The summed E-state index contributed by atoms with van der Waals surface area (Å²) in [7, 11) is -2.12. The molecule has 0 aromatic rings. The monoisotopic (exact) mass is 215 g/mol. The number of ether oxygens (including phenoxy) is 1. The molecule has 7 heteroatoms. The summed E-state index contributed by atoms with van der Waals surface area (Å²) in [6, 6.07) is 0. The smallest absolute Gasteiger partial charge is 0.325 e. The first-order chi connectivity index (χ1) is 5.37. The van der Waals surface area contributed by atoms with E-state index in [2.05, 4.69) is 9.46 Å². The number of hydrogen-bond donors (Lipinski definition) is 1. The third-order valence-electron chi connectivity index (χ3n) is 0.982. The summed E-state index contributed by atoms with van der Waals surface area (Å²) >= 11 is 5.44. The fraction of sp³-hybridized carbons (Fsp3) is 0.800. The third kappa shape index (κ3) is 5.34. The van der Waals surface area contributed by atoms with E-state index >= 15 is 0 Å². The number of sulfonamides is 1. The van der Waals surface area contributed by atoms with Crippen molar-refractivity contribution in [2.45, 2.75) is 5.38 Å². The number of alkyl halides is 1. The van der Waals surface area contributed by atoms with Crippen LogP contribution in [0, 0.1) is 0 Å². The molecule has 0 spiro atoms. The highest BCUT2D eigenvalue weighted by Crippen LogP contribution is 1.96. The van der Waals surface area contributed by atoms with Gasteiger partial charge in [-0.2, -0.15) is 0 Å². The summed E-state index contributed by atoms with van der Waals surface area (Å²) in [6.45, 7) is -0.160. The van der Waals surface area contributed by atoms with Crippen molar-refractivity contribution in [1.82, 2.24) is 4.72 Å². The van der Waals surface area contributed by atoms with E-state index in [0.29, 0.717) is 0 Å².